The fourth-order valence-corrected chi connectivity index (χ4v) is 2.34. The second kappa shape index (κ2) is 6.65. The number of nitrogens with zero attached hydrogens (tertiary/aromatic N) is 1. The molecule has 1 rings (SSSR count). The molecule has 114 valence electrons. The minimum absolute atomic E-state index is 0.0843. The normalized spacial score (nSPS) is 12.6. The van der Waals surface area contributed by atoms with Crippen LogP contribution in [0.3, 0.4) is 0 Å². The van der Waals surface area contributed by atoms with Crippen LogP contribution in [0.1, 0.15) is 26.5 Å². The van der Waals surface area contributed by atoms with Crippen LogP contribution in [0.5, 0.6) is 5.75 Å². The number of hydrogen-bond acceptors (Lipinski definition) is 4. The van der Waals surface area contributed by atoms with Crippen LogP contribution in [-0.4, -0.2) is 31.6 Å². The summed E-state index contributed by atoms with van der Waals surface area (Å²) in [6, 6.07) is 1.17. The first-order valence-corrected chi connectivity index (χ1v) is 9.60. The van der Waals surface area contributed by atoms with E-state index in [2.05, 4.69) is 38.8 Å². The predicted molar refractivity (Wildman–Crippen MR) is 78.8 cm³/mol. The van der Waals surface area contributed by atoms with Crippen LogP contribution in [-0.2, 0) is 11.0 Å². The van der Waals surface area contributed by atoms with Crippen molar-refractivity contribution in [3.05, 3.63) is 23.8 Å². The van der Waals surface area contributed by atoms with Gasteiger partial charge in [-0.1, -0.05) is 20.8 Å². The Labute approximate surface area is 121 Å². The van der Waals surface area contributed by atoms with Gasteiger partial charge in [0.05, 0.1) is 25.1 Å². The van der Waals surface area contributed by atoms with Crippen molar-refractivity contribution in [1.82, 2.24) is 4.98 Å². The van der Waals surface area contributed by atoms with E-state index < -0.39 is 14.1 Å². The predicted octanol–water partition coefficient (Wildman–Crippen LogP) is 3.11. The van der Waals surface area contributed by atoms with Gasteiger partial charge in [0.1, 0.15) is 6.61 Å². The number of aliphatic hydroxyl groups is 1. The lowest BCUT2D eigenvalue weighted by molar-refractivity contribution is 0.198. The molecular formula is C14H24FNO3Si. The summed E-state index contributed by atoms with van der Waals surface area (Å²) in [5.41, 5.74) is 0.285. The Morgan fingerprint density at radius 3 is 2.45 bits per heavy atom. The lowest BCUT2D eigenvalue weighted by atomic mass is 10.2. The minimum atomic E-state index is -1.79. The molecule has 0 fully saturated rings. The van der Waals surface area contributed by atoms with Gasteiger partial charge in [-0.15, -0.1) is 0 Å². The maximum absolute atomic E-state index is 13.6. The average molecular weight is 301 g/mol. The quantitative estimate of drug-likeness (QED) is 0.648. The molecule has 0 bridgehead atoms. The zero-order valence-corrected chi connectivity index (χ0v) is 13.9. The van der Waals surface area contributed by atoms with Crippen molar-refractivity contribution >= 4 is 8.32 Å². The average Bonchev–Trinajstić information content (AvgIpc) is 2.34. The van der Waals surface area contributed by atoms with Crippen LogP contribution in [0.4, 0.5) is 4.39 Å². The van der Waals surface area contributed by atoms with E-state index in [0.29, 0.717) is 6.61 Å². The lowest BCUT2D eigenvalue weighted by Crippen LogP contribution is -2.41. The van der Waals surface area contributed by atoms with Crippen molar-refractivity contribution in [1.29, 1.82) is 0 Å². The number of rotatable bonds is 6. The standard InChI is InChI=1S/C14H24FNO3Si/c1-14(2,3)20(4,5)19-7-6-18-13-9-16-11(10-17)8-12(13)15/h8-9,17H,6-7,10H2,1-5H3. The second-order valence-corrected chi connectivity index (χ2v) is 11.0. The number of ether oxygens (including phenoxy) is 1. The zero-order valence-electron chi connectivity index (χ0n) is 12.9. The summed E-state index contributed by atoms with van der Waals surface area (Å²) >= 11 is 0. The van der Waals surface area contributed by atoms with Gasteiger partial charge in [-0.25, -0.2) is 4.39 Å². The van der Waals surface area contributed by atoms with Gasteiger partial charge < -0.3 is 14.3 Å². The Balaban J connectivity index is 2.46. The molecule has 0 atom stereocenters. The third kappa shape index (κ3) is 4.54. The summed E-state index contributed by atoms with van der Waals surface area (Å²) in [6.07, 6.45) is 1.28. The van der Waals surface area contributed by atoms with Crippen LogP contribution in [0.25, 0.3) is 0 Å². The van der Waals surface area contributed by atoms with Gasteiger partial charge >= 0.3 is 0 Å². The van der Waals surface area contributed by atoms with E-state index in [1.54, 1.807) is 0 Å². The summed E-state index contributed by atoms with van der Waals surface area (Å²) < 4.78 is 24.8. The fraction of sp³-hybridized carbons (Fsp3) is 0.643. The van der Waals surface area contributed by atoms with Crippen molar-refractivity contribution in [2.75, 3.05) is 13.2 Å². The molecule has 1 heterocycles. The molecular weight excluding hydrogens is 277 g/mol. The molecule has 0 unspecified atom stereocenters. The molecule has 4 nitrogen and oxygen atoms in total. The van der Waals surface area contributed by atoms with Gasteiger partial charge in [-0.3, -0.25) is 4.98 Å². The molecule has 0 saturated heterocycles. The van der Waals surface area contributed by atoms with Crippen LogP contribution in [0.15, 0.2) is 12.3 Å². The van der Waals surface area contributed by atoms with Gasteiger partial charge in [0.15, 0.2) is 19.9 Å². The summed E-state index contributed by atoms with van der Waals surface area (Å²) in [7, 11) is -1.79. The Morgan fingerprint density at radius 2 is 1.95 bits per heavy atom. The Kier molecular flexibility index (Phi) is 5.67. The van der Waals surface area contributed by atoms with Gasteiger partial charge in [-0.05, 0) is 18.1 Å². The highest BCUT2D eigenvalue weighted by atomic mass is 28.4. The smallest absolute Gasteiger partial charge is 0.192 e. The number of hydrogen-bond donors (Lipinski definition) is 1. The summed E-state index contributed by atoms with van der Waals surface area (Å²) in [5.74, 6) is -0.433. The SMILES string of the molecule is CC(C)(C)[Si](C)(C)OCCOc1cnc(CO)cc1F. The molecule has 0 aromatic carbocycles. The molecule has 0 saturated carbocycles. The first-order valence-electron chi connectivity index (χ1n) is 6.69. The maximum Gasteiger partial charge on any atom is 0.192 e. The van der Waals surface area contributed by atoms with Gasteiger partial charge in [-0.2, -0.15) is 0 Å². The highest BCUT2D eigenvalue weighted by Crippen LogP contribution is 2.36. The number of aliphatic hydroxyl groups excluding tert-OH is 1. The van der Waals surface area contributed by atoms with Crippen molar-refractivity contribution in [3.8, 4) is 5.75 Å². The van der Waals surface area contributed by atoms with Gasteiger partial charge in [0.2, 0.25) is 0 Å². The largest absolute Gasteiger partial charge is 0.487 e. The van der Waals surface area contributed by atoms with Crippen LogP contribution < -0.4 is 4.74 Å². The van der Waals surface area contributed by atoms with E-state index in [0.717, 1.165) is 0 Å². The summed E-state index contributed by atoms with van der Waals surface area (Å²) in [5, 5.41) is 8.99. The topological polar surface area (TPSA) is 51.6 Å². The van der Waals surface area contributed by atoms with Crippen molar-refractivity contribution in [2.24, 2.45) is 0 Å². The Morgan fingerprint density at radius 1 is 1.30 bits per heavy atom. The molecule has 0 spiro atoms. The molecule has 0 amide bonds. The molecule has 6 heteroatoms. The van der Waals surface area contributed by atoms with Crippen LogP contribution in [0.2, 0.25) is 18.1 Å². The Bertz CT molecular complexity index is 447. The number of pyridine rings is 1. The minimum Gasteiger partial charge on any atom is -0.487 e. The third-order valence-electron chi connectivity index (χ3n) is 3.65. The first kappa shape index (κ1) is 17.1. The molecule has 1 aromatic rings. The summed E-state index contributed by atoms with van der Waals surface area (Å²) in [6.45, 7) is 11.2. The van der Waals surface area contributed by atoms with E-state index >= 15 is 0 Å². The molecule has 0 aliphatic rings. The van der Waals surface area contributed by atoms with E-state index in [1.807, 2.05) is 0 Å². The molecule has 0 aliphatic heterocycles. The summed E-state index contributed by atoms with van der Waals surface area (Å²) in [4.78, 5) is 3.88. The highest BCUT2D eigenvalue weighted by molar-refractivity contribution is 6.74. The van der Waals surface area contributed by atoms with Gasteiger partial charge in [0, 0.05) is 6.07 Å². The van der Waals surface area contributed by atoms with Crippen molar-refractivity contribution in [3.63, 3.8) is 0 Å². The molecule has 20 heavy (non-hydrogen) atoms. The van der Waals surface area contributed by atoms with Crippen LogP contribution in [0, 0.1) is 5.82 Å². The Hall–Kier alpha value is -0.983. The molecule has 1 aromatic heterocycles. The highest BCUT2D eigenvalue weighted by Gasteiger charge is 2.36. The van der Waals surface area contributed by atoms with Crippen LogP contribution >= 0.6 is 0 Å². The van der Waals surface area contributed by atoms with Gasteiger partial charge in [0.25, 0.3) is 0 Å². The first-order chi connectivity index (χ1) is 9.17. The molecule has 1 N–H and O–H groups in total. The molecule has 0 aliphatic carbocycles. The van der Waals surface area contributed by atoms with E-state index in [4.69, 9.17) is 14.3 Å². The fourth-order valence-electron chi connectivity index (χ4n) is 1.32. The zero-order chi connectivity index (χ0) is 15.4. The van der Waals surface area contributed by atoms with E-state index in [-0.39, 0.29) is 29.7 Å². The monoisotopic (exact) mass is 301 g/mol. The lowest BCUT2D eigenvalue weighted by Gasteiger charge is -2.36. The third-order valence-corrected chi connectivity index (χ3v) is 8.19. The van der Waals surface area contributed by atoms with Crippen molar-refractivity contribution in [2.45, 2.75) is 45.5 Å². The number of halogens is 1. The van der Waals surface area contributed by atoms with Crippen molar-refractivity contribution < 1.29 is 18.7 Å². The van der Waals surface area contributed by atoms with E-state index in [9.17, 15) is 4.39 Å². The maximum atomic E-state index is 13.6. The second-order valence-electron chi connectivity index (χ2n) is 6.22. The number of aromatic nitrogens is 1. The molecule has 0 radical (unpaired) electrons. The van der Waals surface area contributed by atoms with E-state index in [1.165, 1.54) is 12.3 Å².